The van der Waals surface area contributed by atoms with Gasteiger partial charge in [-0.1, -0.05) is 18.6 Å². The van der Waals surface area contributed by atoms with Crippen LogP contribution in [0.5, 0.6) is 0 Å². The van der Waals surface area contributed by atoms with Crippen LogP contribution in [0.4, 0.5) is 5.69 Å². The number of aromatic nitrogens is 1. The number of nitro groups is 1. The van der Waals surface area contributed by atoms with E-state index >= 15 is 0 Å². The summed E-state index contributed by atoms with van der Waals surface area (Å²) >= 11 is 1.47. The normalized spacial score (nSPS) is 16.0. The quantitative estimate of drug-likeness (QED) is 0.634. The van der Waals surface area contributed by atoms with Crippen molar-refractivity contribution in [2.45, 2.75) is 25.2 Å². The third-order valence-electron chi connectivity index (χ3n) is 3.96. The Morgan fingerprint density at radius 1 is 1.48 bits per heavy atom. The van der Waals surface area contributed by atoms with E-state index in [-0.39, 0.29) is 16.5 Å². The highest BCUT2D eigenvalue weighted by molar-refractivity contribution is 7.09. The van der Waals surface area contributed by atoms with Crippen LogP contribution in [0.2, 0.25) is 0 Å². The molecule has 2 aromatic rings. The lowest BCUT2D eigenvalue weighted by Gasteiger charge is -2.32. The van der Waals surface area contributed by atoms with Crippen LogP contribution in [0.25, 0.3) is 0 Å². The first-order valence-corrected chi connectivity index (χ1v) is 7.67. The molecule has 5 nitrogen and oxygen atoms in total. The number of nitrogens with zero attached hydrogens (tertiary/aromatic N) is 3. The maximum Gasteiger partial charge on any atom is 0.269 e. The van der Waals surface area contributed by atoms with Crippen molar-refractivity contribution < 1.29 is 4.92 Å². The second-order valence-corrected chi connectivity index (χ2v) is 6.09. The van der Waals surface area contributed by atoms with Crippen molar-refractivity contribution in [2.24, 2.45) is 5.92 Å². The van der Waals surface area contributed by atoms with Crippen molar-refractivity contribution in [3.63, 3.8) is 0 Å². The predicted molar refractivity (Wildman–Crippen MR) is 79.1 cm³/mol. The van der Waals surface area contributed by atoms with Gasteiger partial charge in [-0.2, -0.15) is 5.26 Å². The van der Waals surface area contributed by atoms with Crippen LogP contribution in [0, 0.1) is 27.4 Å². The number of thiazole rings is 1. The van der Waals surface area contributed by atoms with E-state index < -0.39 is 0 Å². The zero-order valence-electron chi connectivity index (χ0n) is 11.2. The second-order valence-electron chi connectivity index (χ2n) is 5.20. The molecule has 1 atom stereocenters. The van der Waals surface area contributed by atoms with Crippen LogP contribution in [-0.2, 0) is 0 Å². The zero-order chi connectivity index (χ0) is 14.8. The van der Waals surface area contributed by atoms with Crippen molar-refractivity contribution in [1.82, 2.24) is 4.98 Å². The van der Waals surface area contributed by atoms with E-state index in [0.29, 0.717) is 11.6 Å². The van der Waals surface area contributed by atoms with Crippen LogP contribution in [0.3, 0.4) is 0 Å². The molecule has 1 aromatic heterocycles. The van der Waals surface area contributed by atoms with Gasteiger partial charge in [-0.25, -0.2) is 4.98 Å². The van der Waals surface area contributed by atoms with E-state index in [4.69, 9.17) is 5.26 Å². The first kappa shape index (κ1) is 13.7. The van der Waals surface area contributed by atoms with E-state index in [1.807, 2.05) is 12.1 Å². The molecule has 0 saturated heterocycles. The van der Waals surface area contributed by atoms with Gasteiger partial charge in [0.25, 0.3) is 5.69 Å². The van der Waals surface area contributed by atoms with Gasteiger partial charge in [-0.3, -0.25) is 10.1 Å². The van der Waals surface area contributed by atoms with Gasteiger partial charge in [0.2, 0.25) is 0 Å². The number of rotatable bonds is 4. The second kappa shape index (κ2) is 5.62. The molecule has 0 radical (unpaired) electrons. The fourth-order valence-electron chi connectivity index (χ4n) is 2.70. The van der Waals surface area contributed by atoms with Crippen molar-refractivity contribution in [3.8, 4) is 6.07 Å². The Labute approximate surface area is 126 Å². The molecule has 1 heterocycles. The summed E-state index contributed by atoms with van der Waals surface area (Å²) in [4.78, 5) is 15.0. The summed E-state index contributed by atoms with van der Waals surface area (Å²) in [5.41, 5.74) is 1.45. The molecular formula is C15H13N3O2S. The van der Waals surface area contributed by atoms with E-state index in [1.54, 1.807) is 17.5 Å². The van der Waals surface area contributed by atoms with Crippen molar-refractivity contribution in [1.29, 1.82) is 5.26 Å². The molecule has 6 heteroatoms. The lowest BCUT2D eigenvalue weighted by atomic mass is 9.73. The Morgan fingerprint density at radius 2 is 2.29 bits per heavy atom. The largest absolute Gasteiger partial charge is 0.269 e. The fourth-order valence-corrected chi connectivity index (χ4v) is 3.67. The minimum Gasteiger partial charge on any atom is -0.258 e. The lowest BCUT2D eigenvalue weighted by Crippen LogP contribution is -2.21. The minimum absolute atomic E-state index is 0.0609. The highest BCUT2D eigenvalue weighted by Gasteiger charge is 2.32. The maximum atomic E-state index is 11.0. The van der Waals surface area contributed by atoms with Gasteiger partial charge in [-0.05, 0) is 24.3 Å². The van der Waals surface area contributed by atoms with Crippen LogP contribution in [-0.4, -0.2) is 9.91 Å². The summed E-state index contributed by atoms with van der Waals surface area (Å²) in [6, 6.07) is 8.83. The number of nitriles is 1. The predicted octanol–water partition coefficient (Wildman–Crippen LogP) is 3.85. The summed E-state index contributed by atoms with van der Waals surface area (Å²) in [7, 11) is 0. The first-order chi connectivity index (χ1) is 10.2. The molecule has 1 unspecified atom stereocenters. The van der Waals surface area contributed by atoms with E-state index in [1.165, 1.54) is 23.8 Å². The minimum atomic E-state index is -0.371. The summed E-state index contributed by atoms with van der Waals surface area (Å²) in [5, 5.41) is 22.5. The number of hydrogen-bond donors (Lipinski definition) is 0. The third-order valence-corrected chi connectivity index (χ3v) is 4.89. The molecule has 1 saturated carbocycles. The molecule has 0 N–H and O–H groups in total. The Bertz CT molecular complexity index is 716. The van der Waals surface area contributed by atoms with Gasteiger partial charge >= 0.3 is 0 Å². The van der Waals surface area contributed by atoms with Crippen LogP contribution >= 0.6 is 11.3 Å². The van der Waals surface area contributed by atoms with Crippen molar-refractivity contribution >= 4 is 17.0 Å². The standard InChI is InChI=1S/C15H13N3O2S/c16-8-12-9-21-15(17-12)14(10-3-1-4-10)11-5-2-6-13(7-11)18(19)20/h2,5-7,9-10,14H,1,3-4H2. The van der Waals surface area contributed by atoms with Gasteiger partial charge < -0.3 is 0 Å². The first-order valence-electron chi connectivity index (χ1n) is 6.79. The van der Waals surface area contributed by atoms with Gasteiger partial charge in [0.15, 0.2) is 5.69 Å². The van der Waals surface area contributed by atoms with Crippen LogP contribution < -0.4 is 0 Å². The van der Waals surface area contributed by atoms with Gasteiger partial charge in [0.1, 0.15) is 11.1 Å². The van der Waals surface area contributed by atoms with Crippen molar-refractivity contribution in [2.75, 3.05) is 0 Å². The van der Waals surface area contributed by atoms with Crippen LogP contribution in [0.1, 0.15) is 41.4 Å². The van der Waals surface area contributed by atoms with E-state index in [9.17, 15) is 10.1 Å². The molecule has 21 heavy (non-hydrogen) atoms. The van der Waals surface area contributed by atoms with Gasteiger partial charge in [-0.15, -0.1) is 11.3 Å². The number of benzene rings is 1. The molecule has 0 spiro atoms. The third kappa shape index (κ3) is 2.65. The zero-order valence-corrected chi connectivity index (χ0v) is 12.0. The molecule has 106 valence electrons. The average molecular weight is 299 g/mol. The van der Waals surface area contributed by atoms with Gasteiger partial charge in [0, 0.05) is 23.4 Å². The lowest BCUT2D eigenvalue weighted by molar-refractivity contribution is -0.384. The molecule has 1 aliphatic rings. The molecular weight excluding hydrogens is 286 g/mol. The highest BCUT2D eigenvalue weighted by Crippen LogP contribution is 2.44. The number of non-ortho nitro benzene ring substituents is 1. The smallest absolute Gasteiger partial charge is 0.258 e. The number of hydrogen-bond acceptors (Lipinski definition) is 5. The summed E-state index contributed by atoms with van der Waals surface area (Å²) in [6.45, 7) is 0. The average Bonchev–Trinajstić information content (AvgIpc) is 2.91. The van der Waals surface area contributed by atoms with E-state index in [2.05, 4.69) is 4.98 Å². The molecule has 1 aliphatic carbocycles. The Balaban J connectivity index is 2.01. The topological polar surface area (TPSA) is 79.8 Å². The summed E-state index contributed by atoms with van der Waals surface area (Å²) in [6.07, 6.45) is 3.40. The highest BCUT2D eigenvalue weighted by atomic mass is 32.1. The molecule has 0 amide bonds. The Kier molecular flexibility index (Phi) is 3.67. The Hall–Kier alpha value is -2.26. The Morgan fingerprint density at radius 3 is 2.86 bits per heavy atom. The molecule has 0 bridgehead atoms. The monoisotopic (exact) mass is 299 g/mol. The van der Waals surface area contributed by atoms with E-state index in [0.717, 1.165) is 23.4 Å². The molecule has 1 fully saturated rings. The molecule has 3 rings (SSSR count). The van der Waals surface area contributed by atoms with Crippen LogP contribution in [0.15, 0.2) is 29.6 Å². The molecule has 0 aliphatic heterocycles. The fraction of sp³-hybridized carbons (Fsp3) is 0.333. The SMILES string of the molecule is N#Cc1csc(C(c2cccc([N+](=O)[O-])c2)C2CCC2)n1. The van der Waals surface area contributed by atoms with Gasteiger partial charge in [0.05, 0.1) is 4.92 Å². The van der Waals surface area contributed by atoms with Crippen molar-refractivity contribution in [3.05, 3.63) is 56.0 Å². The molecule has 1 aromatic carbocycles. The summed E-state index contributed by atoms with van der Waals surface area (Å²) in [5.74, 6) is 0.524. The number of nitro benzene ring substituents is 1. The maximum absolute atomic E-state index is 11.0. The summed E-state index contributed by atoms with van der Waals surface area (Å²) < 4.78 is 0.